The van der Waals surface area contributed by atoms with Gasteiger partial charge in [0.2, 0.25) is 10.0 Å². The Morgan fingerprint density at radius 3 is 2.76 bits per heavy atom. The molecule has 2 atom stereocenters. The molecule has 0 N–H and O–H groups in total. The minimum Gasteiger partial charge on any atom is -0.464 e. The minimum atomic E-state index is -3.53. The second kappa shape index (κ2) is 4.99. The number of hydrogen-bond acceptors (Lipinski definition) is 4. The Hall–Kier alpha value is -1.60. The molecule has 21 heavy (non-hydrogen) atoms. The van der Waals surface area contributed by atoms with E-state index in [1.54, 1.807) is 14.1 Å². The van der Waals surface area contributed by atoms with Gasteiger partial charge >= 0.3 is 0 Å². The first kappa shape index (κ1) is 14.3. The number of aromatic nitrogens is 2. The summed E-state index contributed by atoms with van der Waals surface area (Å²) in [5, 5.41) is 3.90. The van der Waals surface area contributed by atoms with E-state index in [1.807, 2.05) is 12.1 Å². The summed E-state index contributed by atoms with van der Waals surface area (Å²) in [5.41, 5.74) is 0. The molecule has 0 radical (unpaired) electrons. The lowest BCUT2D eigenvalue weighted by molar-refractivity contribution is 0.390. The maximum atomic E-state index is 12.4. The fourth-order valence-corrected chi connectivity index (χ4v) is 3.54. The van der Waals surface area contributed by atoms with Crippen LogP contribution in [0.3, 0.4) is 0 Å². The topological polar surface area (TPSA) is 68.3 Å². The predicted octanol–water partition coefficient (Wildman–Crippen LogP) is 1.96. The molecule has 3 rings (SSSR count). The molecule has 2 heterocycles. The molecule has 1 aliphatic rings. The first-order valence-electron chi connectivity index (χ1n) is 6.91. The molecule has 1 fully saturated rings. The lowest BCUT2D eigenvalue weighted by Crippen LogP contribution is -2.26. The van der Waals surface area contributed by atoms with Crippen LogP contribution in [0.15, 0.2) is 33.8 Å². The Labute approximate surface area is 124 Å². The van der Waals surface area contributed by atoms with E-state index in [4.69, 9.17) is 4.42 Å². The first-order valence-corrected chi connectivity index (χ1v) is 8.35. The summed E-state index contributed by atoms with van der Waals surface area (Å²) < 4.78 is 33.3. The zero-order chi connectivity index (χ0) is 15.2. The van der Waals surface area contributed by atoms with Crippen molar-refractivity contribution in [3.63, 3.8) is 0 Å². The summed E-state index contributed by atoms with van der Waals surface area (Å²) in [6.45, 7) is 2.41. The Kier molecular flexibility index (Phi) is 3.41. The summed E-state index contributed by atoms with van der Waals surface area (Å²) in [5.74, 6) is 2.79. The quantitative estimate of drug-likeness (QED) is 0.846. The Balaban J connectivity index is 1.73. The standard InChI is InChI=1S/C14H19N3O3S/c1-10-6-13(10)14-5-4-11(20-14)8-17(3)21(18,19)12-7-15-16(2)9-12/h4-5,7,9-10,13H,6,8H2,1-3H3/t10-,13-/m0/s1. The minimum absolute atomic E-state index is 0.190. The van der Waals surface area contributed by atoms with Crippen molar-refractivity contribution in [2.45, 2.75) is 30.7 Å². The molecule has 7 heteroatoms. The van der Waals surface area contributed by atoms with E-state index in [-0.39, 0.29) is 11.4 Å². The number of rotatable bonds is 5. The van der Waals surface area contributed by atoms with Crippen LogP contribution in [0.5, 0.6) is 0 Å². The highest BCUT2D eigenvalue weighted by Crippen LogP contribution is 2.47. The molecule has 0 aliphatic heterocycles. The van der Waals surface area contributed by atoms with Crippen LogP contribution in [0.25, 0.3) is 0 Å². The molecule has 1 aliphatic carbocycles. The zero-order valence-corrected chi connectivity index (χ0v) is 13.2. The largest absolute Gasteiger partial charge is 0.464 e. The van der Waals surface area contributed by atoms with E-state index in [0.717, 1.165) is 12.2 Å². The maximum absolute atomic E-state index is 12.4. The van der Waals surface area contributed by atoms with Crippen LogP contribution in [0, 0.1) is 5.92 Å². The third-order valence-electron chi connectivity index (χ3n) is 3.93. The summed E-state index contributed by atoms with van der Waals surface area (Å²) in [7, 11) is -0.297. The van der Waals surface area contributed by atoms with E-state index in [1.165, 1.54) is 21.4 Å². The van der Waals surface area contributed by atoms with Gasteiger partial charge in [0.15, 0.2) is 0 Å². The lowest BCUT2D eigenvalue weighted by Gasteiger charge is -2.14. The van der Waals surface area contributed by atoms with Gasteiger partial charge in [-0.05, 0) is 24.5 Å². The van der Waals surface area contributed by atoms with Crippen molar-refractivity contribution in [3.05, 3.63) is 36.0 Å². The highest BCUT2D eigenvalue weighted by Gasteiger charge is 2.36. The van der Waals surface area contributed by atoms with E-state index in [0.29, 0.717) is 17.6 Å². The normalized spacial score (nSPS) is 21.9. The van der Waals surface area contributed by atoms with Gasteiger partial charge in [-0.25, -0.2) is 8.42 Å². The van der Waals surface area contributed by atoms with Gasteiger partial charge < -0.3 is 4.42 Å². The van der Waals surface area contributed by atoms with Gasteiger partial charge in [-0.15, -0.1) is 0 Å². The van der Waals surface area contributed by atoms with E-state index < -0.39 is 10.0 Å². The fourth-order valence-electron chi connectivity index (χ4n) is 2.41. The molecule has 0 amide bonds. The lowest BCUT2D eigenvalue weighted by atomic mass is 10.3. The van der Waals surface area contributed by atoms with Crippen molar-refractivity contribution < 1.29 is 12.8 Å². The van der Waals surface area contributed by atoms with Gasteiger partial charge in [0.05, 0.1) is 12.7 Å². The van der Waals surface area contributed by atoms with Gasteiger partial charge in [0.25, 0.3) is 0 Å². The molecule has 2 aromatic rings. The average molecular weight is 309 g/mol. The highest BCUT2D eigenvalue weighted by atomic mass is 32.2. The van der Waals surface area contributed by atoms with Crippen LogP contribution in [0.2, 0.25) is 0 Å². The molecule has 2 aromatic heterocycles. The molecule has 0 bridgehead atoms. The molecular weight excluding hydrogens is 290 g/mol. The Bertz CT molecular complexity index is 747. The van der Waals surface area contributed by atoms with Crippen molar-refractivity contribution >= 4 is 10.0 Å². The summed E-state index contributed by atoms with van der Waals surface area (Å²) >= 11 is 0. The number of aryl methyl sites for hydroxylation is 1. The summed E-state index contributed by atoms with van der Waals surface area (Å²) in [4.78, 5) is 0.190. The second-order valence-electron chi connectivity index (χ2n) is 5.73. The number of hydrogen-bond donors (Lipinski definition) is 0. The highest BCUT2D eigenvalue weighted by molar-refractivity contribution is 7.89. The van der Waals surface area contributed by atoms with Crippen LogP contribution >= 0.6 is 0 Å². The van der Waals surface area contributed by atoms with Gasteiger partial charge in [-0.1, -0.05) is 6.92 Å². The van der Waals surface area contributed by atoms with Crippen molar-refractivity contribution in [1.82, 2.24) is 14.1 Å². The van der Waals surface area contributed by atoms with Crippen LogP contribution in [-0.4, -0.2) is 29.6 Å². The molecule has 1 saturated carbocycles. The smallest absolute Gasteiger partial charge is 0.246 e. The predicted molar refractivity (Wildman–Crippen MR) is 77.1 cm³/mol. The second-order valence-corrected chi connectivity index (χ2v) is 7.78. The molecule has 0 spiro atoms. The van der Waals surface area contributed by atoms with Gasteiger partial charge in [-0.3, -0.25) is 4.68 Å². The van der Waals surface area contributed by atoms with Gasteiger partial charge in [0, 0.05) is 26.2 Å². The Morgan fingerprint density at radius 1 is 1.48 bits per heavy atom. The van der Waals surface area contributed by atoms with Crippen LogP contribution in [-0.2, 0) is 23.6 Å². The van der Waals surface area contributed by atoms with Crippen LogP contribution in [0.4, 0.5) is 0 Å². The van der Waals surface area contributed by atoms with Gasteiger partial charge in [-0.2, -0.15) is 9.40 Å². The molecule has 0 aromatic carbocycles. The third kappa shape index (κ3) is 2.75. The maximum Gasteiger partial charge on any atom is 0.246 e. The monoisotopic (exact) mass is 309 g/mol. The average Bonchev–Trinajstić information content (AvgIpc) is 2.82. The number of nitrogens with zero attached hydrogens (tertiary/aromatic N) is 3. The van der Waals surface area contributed by atoms with E-state index in [2.05, 4.69) is 12.0 Å². The molecular formula is C14H19N3O3S. The summed E-state index contributed by atoms with van der Waals surface area (Å²) in [6.07, 6.45) is 3.99. The van der Waals surface area contributed by atoms with Crippen molar-refractivity contribution in [2.24, 2.45) is 13.0 Å². The fraction of sp³-hybridized carbons (Fsp3) is 0.500. The van der Waals surface area contributed by atoms with Crippen LogP contribution in [0.1, 0.15) is 30.8 Å². The van der Waals surface area contributed by atoms with E-state index >= 15 is 0 Å². The zero-order valence-electron chi connectivity index (χ0n) is 12.4. The number of furan rings is 1. The number of sulfonamides is 1. The van der Waals surface area contributed by atoms with Gasteiger partial charge in [0.1, 0.15) is 16.4 Å². The van der Waals surface area contributed by atoms with E-state index in [9.17, 15) is 8.42 Å². The van der Waals surface area contributed by atoms with Crippen molar-refractivity contribution in [3.8, 4) is 0 Å². The molecule has 114 valence electrons. The first-order chi connectivity index (χ1) is 9.88. The Morgan fingerprint density at radius 2 is 2.19 bits per heavy atom. The van der Waals surface area contributed by atoms with Crippen molar-refractivity contribution in [2.75, 3.05) is 7.05 Å². The molecule has 0 saturated heterocycles. The molecule has 0 unspecified atom stereocenters. The van der Waals surface area contributed by atoms with Crippen LogP contribution < -0.4 is 0 Å². The summed E-state index contributed by atoms with van der Waals surface area (Å²) in [6, 6.07) is 3.81. The molecule has 6 nitrogen and oxygen atoms in total. The SMILES string of the molecule is C[C@H]1C[C@@H]1c1ccc(CN(C)S(=O)(=O)c2cnn(C)c2)o1. The van der Waals surface area contributed by atoms with Crippen molar-refractivity contribution in [1.29, 1.82) is 0 Å². The third-order valence-corrected chi connectivity index (χ3v) is 5.68.